The summed E-state index contributed by atoms with van der Waals surface area (Å²) in [5, 5.41) is 6.09. The molecule has 23 heavy (non-hydrogen) atoms. The maximum Gasteiger partial charge on any atom is 0.387 e. The van der Waals surface area contributed by atoms with Crippen LogP contribution in [0.15, 0.2) is 24.3 Å². The van der Waals surface area contributed by atoms with Gasteiger partial charge >= 0.3 is 6.61 Å². The lowest BCUT2D eigenvalue weighted by atomic mass is 9.85. The zero-order valence-corrected chi connectivity index (χ0v) is 13.9. The lowest BCUT2D eigenvalue weighted by molar-refractivity contribution is -0.117. The Morgan fingerprint density at radius 2 is 2.26 bits per heavy atom. The summed E-state index contributed by atoms with van der Waals surface area (Å²) in [4.78, 5) is 12.1. The number of amides is 1. The average Bonchev–Trinajstić information content (AvgIpc) is 2.47. The van der Waals surface area contributed by atoms with Gasteiger partial charge in [0.1, 0.15) is 5.75 Å². The number of anilines is 1. The Hall–Kier alpha value is -1.40. The summed E-state index contributed by atoms with van der Waals surface area (Å²) in [7, 11) is 0. The Kier molecular flexibility index (Phi) is 8.26. The van der Waals surface area contributed by atoms with E-state index in [1.165, 1.54) is 12.1 Å². The summed E-state index contributed by atoms with van der Waals surface area (Å²) < 4.78 is 28.7. The smallest absolute Gasteiger partial charge is 0.387 e. The van der Waals surface area contributed by atoms with Crippen molar-refractivity contribution in [2.45, 2.75) is 32.8 Å². The van der Waals surface area contributed by atoms with Gasteiger partial charge in [-0.25, -0.2) is 0 Å². The van der Waals surface area contributed by atoms with E-state index in [0.717, 1.165) is 25.9 Å². The SMILES string of the molecule is CC(CC(=O)Nc1cccc(OC(F)F)c1)C1CCCNC1.Cl. The van der Waals surface area contributed by atoms with E-state index in [9.17, 15) is 13.6 Å². The molecule has 0 aromatic heterocycles. The van der Waals surface area contributed by atoms with Gasteiger partial charge in [0, 0.05) is 18.2 Å². The number of ether oxygens (including phenoxy) is 1. The average molecular weight is 349 g/mol. The summed E-state index contributed by atoms with van der Waals surface area (Å²) in [6.07, 6.45) is 2.70. The van der Waals surface area contributed by atoms with Crippen LogP contribution in [0.2, 0.25) is 0 Å². The molecule has 2 rings (SSSR count). The number of rotatable bonds is 6. The van der Waals surface area contributed by atoms with E-state index in [4.69, 9.17) is 0 Å². The van der Waals surface area contributed by atoms with Gasteiger partial charge in [0.25, 0.3) is 0 Å². The van der Waals surface area contributed by atoms with Gasteiger partial charge < -0.3 is 15.4 Å². The van der Waals surface area contributed by atoms with E-state index < -0.39 is 6.61 Å². The molecule has 1 aliphatic heterocycles. The van der Waals surface area contributed by atoms with Crippen LogP contribution >= 0.6 is 12.4 Å². The van der Waals surface area contributed by atoms with Crippen molar-refractivity contribution >= 4 is 24.0 Å². The normalized spacial score (nSPS) is 18.9. The number of piperidine rings is 1. The fourth-order valence-corrected chi connectivity index (χ4v) is 2.79. The maximum absolute atomic E-state index is 12.2. The number of hydrogen-bond donors (Lipinski definition) is 2. The molecule has 0 bridgehead atoms. The number of benzene rings is 1. The van der Waals surface area contributed by atoms with Gasteiger partial charge in [0.2, 0.25) is 5.91 Å². The molecule has 0 saturated carbocycles. The second kappa shape index (κ2) is 9.67. The molecule has 4 nitrogen and oxygen atoms in total. The van der Waals surface area contributed by atoms with Gasteiger partial charge in [0.05, 0.1) is 0 Å². The first-order chi connectivity index (χ1) is 10.5. The number of hydrogen-bond acceptors (Lipinski definition) is 3. The predicted molar refractivity (Wildman–Crippen MR) is 88.3 cm³/mol. The summed E-state index contributed by atoms with van der Waals surface area (Å²) in [6, 6.07) is 6.06. The Morgan fingerprint density at radius 3 is 2.91 bits per heavy atom. The van der Waals surface area contributed by atoms with Crippen LogP contribution in [0.4, 0.5) is 14.5 Å². The zero-order chi connectivity index (χ0) is 15.9. The number of carbonyl (C=O) groups excluding carboxylic acids is 1. The fraction of sp³-hybridized carbons (Fsp3) is 0.562. The first-order valence-electron chi connectivity index (χ1n) is 7.60. The molecule has 1 fully saturated rings. The van der Waals surface area contributed by atoms with Gasteiger partial charge in [-0.3, -0.25) is 4.79 Å². The molecule has 1 aromatic rings. The molecule has 1 aromatic carbocycles. The van der Waals surface area contributed by atoms with Gasteiger partial charge in [-0.05, 0) is 49.9 Å². The Bertz CT molecular complexity index is 497. The molecule has 1 heterocycles. The molecule has 1 amide bonds. The van der Waals surface area contributed by atoms with Crippen molar-refractivity contribution in [3.05, 3.63) is 24.3 Å². The zero-order valence-electron chi connectivity index (χ0n) is 13.1. The highest BCUT2D eigenvalue weighted by Crippen LogP contribution is 2.24. The van der Waals surface area contributed by atoms with Crippen molar-refractivity contribution in [1.82, 2.24) is 5.32 Å². The second-order valence-corrected chi connectivity index (χ2v) is 5.74. The molecule has 130 valence electrons. The van der Waals surface area contributed by atoms with E-state index in [1.807, 2.05) is 0 Å². The van der Waals surface area contributed by atoms with Crippen LogP contribution in [0.1, 0.15) is 26.2 Å². The van der Waals surface area contributed by atoms with E-state index in [1.54, 1.807) is 12.1 Å². The molecule has 0 aliphatic carbocycles. The number of carbonyl (C=O) groups is 1. The fourth-order valence-electron chi connectivity index (χ4n) is 2.79. The van der Waals surface area contributed by atoms with Crippen LogP contribution in [0.5, 0.6) is 5.75 Å². The van der Waals surface area contributed by atoms with Crippen molar-refractivity contribution in [2.24, 2.45) is 11.8 Å². The van der Waals surface area contributed by atoms with E-state index in [0.29, 0.717) is 18.0 Å². The van der Waals surface area contributed by atoms with Crippen LogP contribution in [-0.2, 0) is 4.79 Å². The Balaban J connectivity index is 0.00000264. The number of alkyl halides is 2. The molecular weight excluding hydrogens is 326 g/mol. The highest BCUT2D eigenvalue weighted by atomic mass is 35.5. The highest BCUT2D eigenvalue weighted by molar-refractivity contribution is 5.91. The lowest BCUT2D eigenvalue weighted by Gasteiger charge is -2.28. The largest absolute Gasteiger partial charge is 0.435 e. The summed E-state index contributed by atoms with van der Waals surface area (Å²) in [6.45, 7) is 1.20. The molecule has 0 spiro atoms. The number of nitrogens with one attached hydrogen (secondary N) is 2. The summed E-state index contributed by atoms with van der Waals surface area (Å²) in [5.74, 6) is 0.728. The van der Waals surface area contributed by atoms with Crippen LogP contribution in [0, 0.1) is 11.8 Å². The minimum atomic E-state index is -2.87. The molecule has 2 atom stereocenters. The minimum Gasteiger partial charge on any atom is -0.435 e. The highest BCUT2D eigenvalue weighted by Gasteiger charge is 2.22. The Morgan fingerprint density at radius 1 is 1.48 bits per heavy atom. The minimum absolute atomic E-state index is 0. The van der Waals surface area contributed by atoms with Crippen LogP contribution < -0.4 is 15.4 Å². The predicted octanol–water partition coefficient (Wildman–Crippen LogP) is 3.67. The standard InChI is InChI=1S/C16H22F2N2O2.ClH/c1-11(12-4-3-7-19-10-12)8-15(21)20-13-5-2-6-14(9-13)22-16(17)18;/h2,5-6,9,11-12,16,19H,3-4,7-8,10H2,1H3,(H,20,21);1H. The van der Waals surface area contributed by atoms with Gasteiger partial charge in [-0.15, -0.1) is 12.4 Å². The third-order valence-corrected chi connectivity index (χ3v) is 3.99. The molecule has 1 aliphatic rings. The van der Waals surface area contributed by atoms with E-state index in [2.05, 4.69) is 22.3 Å². The lowest BCUT2D eigenvalue weighted by Crippen LogP contribution is -2.34. The monoisotopic (exact) mass is 348 g/mol. The van der Waals surface area contributed by atoms with Gasteiger partial charge in [-0.2, -0.15) is 8.78 Å². The van der Waals surface area contributed by atoms with Crippen molar-refractivity contribution < 1.29 is 18.3 Å². The molecule has 0 radical (unpaired) electrons. The van der Waals surface area contributed by atoms with Crippen molar-refractivity contribution in [3.8, 4) is 5.75 Å². The first-order valence-corrected chi connectivity index (χ1v) is 7.60. The topological polar surface area (TPSA) is 50.4 Å². The van der Waals surface area contributed by atoms with Crippen LogP contribution in [0.25, 0.3) is 0 Å². The van der Waals surface area contributed by atoms with Crippen LogP contribution in [0.3, 0.4) is 0 Å². The second-order valence-electron chi connectivity index (χ2n) is 5.74. The number of halogens is 3. The molecule has 1 saturated heterocycles. The molecule has 7 heteroatoms. The van der Waals surface area contributed by atoms with E-state index in [-0.39, 0.29) is 30.0 Å². The third-order valence-electron chi connectivity index (χ3n) is 3.99. The van der Waals surface area contributed by atoms with E-state index >= 15 is 0 Å². The molecular formula is C16H23ClF2N2O2. The third kappa shape index (κ3) is 6.71. The van der Waals surface area contributed by atoms with Gasteiger partial charge in [0.15, 0.2) is 0 Å². The van der Waals surface area contributed by atoms with Crippen molar-refractivity contribution in [3.63, 3.8) is 0 Å². The summed E-state index contributed by atoms with van der Waals surface area (Å²) in [5.41, 5.74) is 0.470. The quantitative estimate of drug-likeness (QED) is 0.824. The summed E-state index contributed by atoms with van der Waals surface area (Å²) >= 11 is 0. The molecule has 2 N–H and O–H groups in total. The van der Waals surface area contributed by atoms with Crippen molar-refractivity contribution in [2.75, 3.05) is 18.4 Å². The Labute approximate surface area is 141 Å². The first kappa shape index (κ1) is 19.6. The van der Waals surface area contributed by atoms with Crippen LogP contribution in [-0.4, -0.2) is 25.6 Å². The maximum atomic E-state index is 12.2. The van der Waals surface area contributed by atoms with Crippen molar-refractivity contribution in [1.29, 1.82) is 0 Å². The van der Waals surface area contributed by atoms with Gasteiger partial charge in [-0.1, -0.05) is 13.0 Å². The molecule has 2 unspecified atom stereocenters.